The molecule has 0 spiro atoms. The predicted molar refractivity (Wildman–Crippen MR) is 64.6 cm³/mol. The van der Waals surface area contributed by atoms with Crippen LogP contribution < -0.4 is 5.56 Å². The summed E-state index contributed by atoms with van der Waals surface area (Å²) >= 11 is 0. The molecule has 0 saturated carbocycles. The predicted octanol–water partition coefficient (Wildman–Crippen LogP) is 3.16. The largest absolute Gasteiger partial charge is 0.419 e. The minimum absolute atomic E-state index is 0.0412. The smallest absolute Gasteiger partial charge is 0.311 e. The SMILES string of the molecule is CCc1nc(-c2ccc(F)c(C(F)(F)F)c2)cc(=O)[nH]1. The topological polar surface area (TPSA) is 45.8 Å². The number of aromatic nitrogens is 2. The first-order valence-electron chi connectivity index (χ1n) is 5.78. The van der Waals surface area contributed by atoms with Gasteiger partial charge >= 0.3 is 6.18 Å². The molecular formula is C13H10F4N2O. The lowest BCUT2D eigenvalue weighted by Crippen LogP contribution is -2.11. The Balaban J connectivity index is 2.59. The van der Waals surface area contributed by atoms with Crippen LogP contribution in [-0.2, 0) is 12.6 Å². The number of halogens is 4. The first-order valence-corrected chi connectivity index (χ1v) is 5.78. The molecule has 20 heavy (non-hydrogen) atoms. The highest BCUT2D eigenvalue weighted by atomic mass is 19.4. The zero-order valence-electron chi connectivity index (χ0n) is 10.4. The summed E-state index contributed by atoms with van der Waals surface area (Å²) in [5, 5.41) is 0. The molecule has 0 saturated heterocycles. The second-order valence-electron chi connectivity index (χ2n) is 4.12. The standard InChI is InChI=1S/C13H10F4N2O/c1-2-11-18-10(6-12(20)19-11)7-3-4-9(14)8(5-7)13(15,16)17/h3-6H,2H2,1H3,(H,18,19,20). The Kier molecular flexibility index (Phi) is 3.61. The lowest BCUT2D eigenvalue weighted by atomic mass is 10.1. The Hall–Kier alpha value is -2.18. The van der Waals surface area contributed by atoms with Gasteiger partial charge in [0.2, 0.25) is 0 Å². The van der Waals surface area contributed by atoms with E-state index in [0.29, 0.717) is 24.4 Å². The number of nitrogens with one attached hydrogen (secondary N) is 1. The highest BCUT2D eigenvalue weighted by molar-refractivity contribution is 5.60. The van der Waals surface area contributed by atoms with E-state index in [1.54, 1.807) is 6.92 Å². The number of H-pyrrole nitrogens is 1. The van der Waals surface area contributed by atoms with Crippen LogP contribution in [0.2, 0.25) is 0 Å². The van der Waals surface area contributed by atoms with E-state index in [0.717, 1.165) is 12.1 Å². The Morgan fingerprint density at radius 1 is 1.25 bits per heavy atom. The van der Waals surface area contributed by atoms with E-state index in [4.69, 9.17) is 0 Å². The van der Waals surface area contributed by atoms with E-state index >= 15 is 0 Å². The van der Waals surface area contributed by atoms with E-state index in [9.17, 15) is 22.4 Å². The fraction of sp³-hybridized carbons (Fsp3) is 0.231. The van der Waals surface area contributed by atoms with E-state index < -0.39 is 23.1 Å². The summed E-state index contributed by atoms with van der Waals surface area (Å²) in [6.45, 7) is 1.74. The molecule has 0 bridgehead atoms. The number of benzene rings is 1. The van der Waals surface area contributed by atoms with Crippen molar-refractivity contribution in [2.75, 3.05) is 0 Å². The maximum atomic E-state index is 13.2. The molecule has 0 aliphatic heterocycles. The summed E-state index contributed by atoms with van der Waals surface area (Å²) < 4.78 is 51.1. The van der Waals surface area contributed by atoms with Crippen LogP contribution in [0, 0.1) is 5.82 Å². The summed E-state index contributed by atoms with van der Waals surface area (Å²) in [6.07, 6.45) is -4.37. The number of alkyl halides is 3. The Bertz CT molecular complexity index is 692. The summed E-state index contributed by atoms with van der Waals surface area (Å²) in [6, 6.07) is 3.60. The molecule has 1 aromatic carbocycles. The molecule has 0 atom stereocenters. The molecule has 0 aliphatic carbocycles. The molecule has 0 amide bonds. The summed E-state index contributed by atoms with van der Waals surface area (Å²) in [7, 11) is 0. The number of hydrogen-bond acceptors (Lipinski definition) is 2. The second-order valence-corrected chi connectivity index (χ2v) is 4.12. The third-order valence-corrected chi connectivity index (χ3v) is 2.69. The molecule has 1 aromatic heterocycles. The van der Waals surface area contributed by atoms with Gasteiger partial charge in [-0.1, -0.05) is 6.92 Å². The average Bonchev–Trinajstić information content (AvgIpc) is 2.37. The molecule has 0 unspecified atom stereocenters. The van der Waals surface area contributed by atoms with Crippen molar-refractivity contribution in [2.24, 2.45) is 0 Å². The van der Waals surface area contributed by atoms with Crippen molar-refractivity contribution >= 4 is 0 Å². The minimum Gasteiger partial charge on any atom is -0.311 e. The van der Waals surface area contributed by atoms with Gasteiger partial charge in [0.15, 0.2) is 0 Å². The fourth-order valence-corrected chi connectivity index (χ4v) is 1.73. The first kappa shape index (κ1) is 14.2. The van der Waals surface area contributed by atoms with Crippen molar-refractivity contribution in [3.63, 3.8) is 0 Å². The van der Waals surface area contributed by atoms with E-state index in [-0.39, 0.29) is 11.3 Å². The number of hydrogen-bond donors (Lipinski definition) is 1. The van der Waals surface area contributed by atoms with Gasteiger partial charge in [-0.05, 0) is 18.2 Å². The van der Waals surface area contributed by atoms with Crippen molar-refractivity contribution in [3.05, 3.63) is 51.8 Å². The van der Waals surface area contributed by atoms with Crippen LogP contribution in [0.4, 0.5) is 17.6 Å². The molecule has 0 radical (unpaired) electrons. The zero-order valence-corrected chi connectivity index (χ0v) is 10.4. The number of aromatic amines is 1. The average molecular weight is 286 g/mol. The molecule has 2 rings (SSSR count). The van der Waals surface area contributed by atoms with Crippen molar-refractivity contribution in [1.29, 1.82) is 0 Å². The van der Waals surface area contributed by atoms with Crippen LogP contribution in [-0.4, -0.2) is 9.97 Å². The van der Waals surface area contributed by atoms with Crippen LogP contribution in [0.1, 0.15) is 18.3 Å². The van der Waals surface area contributed by atoms with Gasteiger partial charge in [-0.2, -0.15) is 13.2 Å². The van der Waals surface area contributed by atoms with Crippen molar-refractivity contribution < 1.29 is 17.6 Å². The molecule has 1 N–H and O–H groups in total. The van der Waals surface area contributed by atoms with Crippen LogP contribution in [0.15, 0.2) is 29.1 Å². The first-order chi connectivity index (χ1) is 9.31. The van der Waals surface area contributed by atoms with Crippen molar-refractivity contribution in [2.45, 2.75) is 19.5 Å². The summed E-state index contributed by atoms with van der Waals surface area (Å²) in [5.41, 5.74) is -1.73. The third kappa shape index (κ3) is 2.87. The Morgan fingerprint density at radius 2 is 1.95 bits per heavy atom. The second kappa shape index (κ2) is 5.07. The normalized spacial score (nSPS) is 11.7. The summed E-state index contributed by atoms with van der Waals surface area (Å²) in [4.78, 5) is 17.9. The van der Waals surface area contributed by atoms with Crippen molar-refractivity contribution in [3.8, 4) is 11.3 Å². The van der Waals surface area contributed by atoms with Crippen LogP contribution in [0.3, 0.4) is 0 Å². The Morgan fingerprint density at radius 3 is 2.55 bits per heavy atom. The van der Waals surface area contributed by atoms with Crippen LogP contribution in [0.5, 0.6) is 0 Å². The maximum Gasteiger partial charge on any atom is 0.419 e. The lowest BCUT2D eigenvalue weighted by molar-refractivity contribution is -0.139. The van der Waals surface area contributed by atoms with Gasteiger partial charge < -0.3 is 4.98 Å². The van der Waals surface area contributed by atoms with Gasteiger partial charge in [0.05, 0.1) is 11.3 Å². The van der Waals surface area contributed by atoms with Gasteiger partial charge in [-0.25, -0.2) is 9.37 Å². The molecule has 0 aliphatic rings. The fourth-order valence-electron chi connectivity index (χ4n) is 1.73. The molecule has 3 nitrogen and oxygen atoms in total. The van der Waals surface area contributed by atoms with Gasteiger partial charge in [-0.3, -0.25) is 4.79 Å². The molecule has 0 fully saturated rings. The number of rotatable bonds is 2. The van der Waals surface area contributed by atoms with E-state index in [1.165, 1.54) is 0 Å². The molecule has 1 heterocycles. The molecule has 7 heteroatoms. The highest BCUT2D eigenvalue weighted by Gasteiger charge is 2.34. The van der Waals surface area contributed by atoms with Crippen LogP contribution in [0.25, 0.3) is 11.3 Å². The monoisotopic (exact) mass is 286 g/mol. The van der Waals surface area contributed by atoms with Crippen molar-refractivity contribution in [1.82, 2.24) is 9.97 Å². The summed E-state index contributed by atoms with van der Waals surface area (Å²) in [5.74, 6) is -1.01. The quantitative estimate of drug-likeness (QED) is 0.862. The molecular weight excluding hydrogens is 276 g/mol. The molecule has 2 aromatic rings. The van der Waals surface area contributed by atoms with Gasteiger partial charge in [0, 0.05) is 18.1 Å². The zero-order chi connectivity index (χ0) is 14.9. The Labute approximate surface area is 111 Å². The third-order valence-electron chi connectivity index (χ3n) is 2.69. The van der Waals surface area contributed by atoms with E-state index in [1.807, 2.05) is 0 Å². The molecule has 106 valence electrons. The van der Waals surface area contributed by atoms with Gasteiger partial charge in [0.1, 0.15) is 11.6 Å². The van der Waals surface area contributed by atoms with Gasteiger partial charge in [-0.15, -0.1) is 0 Å². The highest BCUT2D eigenvalue weighted by Crippen LogP contribution is 2.33. The van der Waals surface area contributed by atoms with Crippen LogP contribution >= 0.6 is 0 Å². The van der Waals surface area contributed by atoms with Gasteiger partial charge in [0.25, 0.3) is 5.56 Å². The minimum atomic E-state index is -4.80. The maximum absolute atomic E-state index is 13.2. The lowest BCUT2D eigenvalue weighted by Gasteiger charge is -2.10. The number of aryl methyl sites for hydroxylation is 1. The number of nitrogens with zero attached hydrogens (tertiary/aromatic N) is 1. The van der Waals surface area contributed by atoms with E-state index in [2.05, 4.69) is 9.97 Å².